The van der Waals surface area contributed by atoms with Crippen LogP contribution in [0.25, 0.3) is 0 Å². The van der Waals surface area contributed by atoms with Crippen molar-refractivity contribution in [1.82, 2.24) is 9.88 Å². The number of carbonyl (C=O) groups excluding carboxylic acids is 1. The van der Waals surface area contributed by atoms with Crippen molar-refractivity contribution < 1.29 is 9.53 Å². The van der Waals surface area contributed by atoms with E-state index in [9.17, 15) is 4.79 Å². The van der Waals surface area contributed by atoms with Crippen LogP contribution in [-0.4, -0.2) is 39.5 Å². The van der Waals surface area contributed by atoms with E-state index in [0.29, 0.717) is 24.5 Å². The highest BCUT2D eigenvalue weighted by molar-refractivity contribution is 8.00. The Kier molecular flexibility index (Phi) is 6.90. The number of ether oxygens (including phenoxy) is 1. The summed E-state index contributed by atoms with van der Waals surface area (Å²) < 4.78 is 5.91. The average molecular weight is 446 g/mol. The van der Waals surface area contributed by atoms with Gasteiger partial charge in [0, 0.05) is 24.2 Å². The number of pyridine rings is 1. The molecule has 0 radical (unpaired) electrons. The first-order chi connectivity index (χ1) is 15.6. The Morgan fingerprint density at radius 2 is 1.91 bits per heavy atom. The van der Waals surface area contributed by atoms with E-state index in [-0.39, 0.29) is 5.91 Å². The van der Waals surface area contributed by atoms with Gasteiger partial charge in [-0.3, -0.25) is 4.79 Å². The quantitative estimate of drug-likeness (QED) is 0.568. The number of thioether (sulfide) groups is 1. The van der Waals surface area contributed by atoms with Crippen molar-refractivity contribution in [3.8, 4) is 17.6 Å². The molecule has 1 aliphatic heterocycles. The molecular formula is C24H23N5O2S. The first kappa shape index (κ1) is 21.7. The number of hydrogen-bond acceptors (Lipinski definition) is 7. The Morgan fingerprint density at radius 1 is 1.19 bits per heavy atom. The highest BCUT2D eigenvalue weighted by atomic mass is 32.2. The molecule has 1 fully saturated rings. The molecule has 32 heavy (non-hydrogen) atoms. The molecule has 2 atom stereocenters. The molecule has 2 heterocycles. The lowest BCUT2D eigenvalue weighted by atomic mass is 10.1. The normalized spacial score (nSPS) is 16.2. The van der Waals surface area contributed by atoms with Gasteiger partial charge in [0.1, 0.15) is 17.3 Å². The molecule has 0 spiro atoms. The van der Waals surface area contributed by atoms with Crippen molar-refractivity contribution in [3.63, 3.8) is 0 Å². The fraction of sp³-hybridized carbons (Fsp3) is 0.208. The van der Waals surface area contributed by atoms with Gasteiger partial charge in [-0.25, -0.2) is 4.98 Å². The van der Waals surface area contributed by atoms with Crippen molar-refractivity contribution in [2.45, 2.75) is 17.8 Å². The van der Waals surface area contributed by atoms with E-state index in [1.165, 1.54) is 11.8 Å². The molecular weight excluding hydrogens is 422 g/mol. The highest BCUT2D eigenvalue weighted by Crippen LogP contribution is 2.26. The third-order valence-corrected chi connectivity index (χ3v) is 6.10. The Balaban J connectivity index is 1.32. The molecule has 4 rings (SSSR count). The van der Waals surface area contributed by atoms with Gasteiger partial charge in [0.25, 0.3) is 0 Å². The van der Waals surface area contributed by atoms with E-state index in [1.54, 1.807) is 11.1 Å². The standard InChI is InChI=1S/C24H23N5O2S/c25-16-23-29(13-14-32-23)24(30)21(26)15-17-4-8-19(9-5-17)31-20-10-6-18(7-11-20)28-22-3-1-2-12-27-22/h1-12,21,23H,13-15,26H2,(H,27,28)/t21-,23?/m0/s1. The summed E-state index contributed by atoms with van der Waals surface area (Å²) >= 11 is 1.47. The zero-order valence-corrected chi connectivity index (χ0v) is 18.2. The van der Waals surface area contributed by atoms with Gasteiger partial charge in [-0.1, -0.05) is 18.2 Å². The van der Waals surface area contributed by atoms with Crippen LogP contribution in [0.3, 0.4) is 0 Å². The second-order valence-electron chi connectivity index (χ2n) is 7.30. The van der Waals surface area contributed by atoms with Gasteiger partial charge < -0.3 is 20.7 Å². The van der Waals surface area contributed by atoms with Crippen molar-refractivity contribution in [2.24, 2.45) is 5.73 Å². The number of aromatic nitrogens is 1. The van der Waals surface area contributed by atoms with Crippen LogP contribution in [0.1, 0.15) is 5.56 Å². The first-order valence-corrected chi connectivity index (χ1v) is 11.3. The van der Waals surface area contributed by atoms with Gasteiger partial charge in [0.2, 0.25) is 5.91 Å². The molecule has 0 aliphatic carbocycles. The number of nitrogens with one attached hydrogen (secondary N) is 1. The summed E-state index contributed by atoms with van der Waals surface area (Å²) in [4.78, 5) is 18.4. The molecule has 3 N–H and O–H groups in total. The maximum Gasteiger partial charge on any atom is 0.241 e. The third kappa shape index (κ3) is 5.38. The molecule has 1 aliphatic rings. The van der Waals surface area contributed by atoms with E-state index in [2.05, 4.69) is 16.4 Å². The van der Waals surface area contributed by atoms with Crippen LogP contribution >= 0.6 is 11.8 Å². The molecule has 8 heteroatoms. The molecule has 1 unspecified atom stereocenters. The van der Waals surface area contributed by atoms with Crippen LogP contribution in [0.15, 0.2) is 72.9 Å². The molecule has 1 aromatic heterocycles. The van der Waals surface area contributed by atoms with E-state index in [0.717, 1.165) is 22.8 Å². The van der Waals surface area contributed by atoms with Crippen LogP contribution < -0.4 is 15.8 Å². The maximum absolute atomic E-state index is 12.6. The number of carbonyl (C=O) groups is 1. The number of nitrogens with zero attached hydrogens (tertiary/aromatic N) is 3. The smallest absolute Gasteiger partial charge is 0.241 e. The Bertz CT molecular complexity index is 1080. The topological polar surface area (TPSA) is 104 Å². The van der Waals surface area contributed by atoms with Gasteiger partial charge in [-0.05, 0) is 60.5 Å². The lowest BCUT2D eigenvalue weighted by molar-refractivity contribution is -0.131. The summed E-state index contributed by atoms with van der Waals surface area (Å²) in [5.74, 6) is 2.77. The monoisotopic (exact) mass is 445 g/mol. The van der Waals surface area contributed by atoms with Crippen molar-refractivity contribution >= 4 is 29.2 Å². The van der Waals surface area contributed by atoms with Crippen molar-refractivity contribution in [1.29, 1.82) is 5.26 Å². The number of rotatable bonds is 7. The minimum Gasteiger partial charge on any atom is -0.457 e. The van der Waals surface area contributed by atoms with Crippen LogP contribution in [-0.2, 0) is 11.2 Å². The first-order valence-electron chi connectivity index (χ1n) is 10.2. The SMILES string of the molecule is N#CC1SCCN1C(=O)[C@@H](N)Cc1ccc(Oc2ccc(Nc3ccccn3)cc2)cc1. The predicted octanol–water partition coefficient (Wildman–Crippen LogP) is 3.91. The summed E-state index contributed by atoms with van der Waals surface area (Å²) in [5.41, 5.74) is 7.98. The zero-order valence-electron chi connectivity index (χ0n) is 17.3. The van der Waals surface area contributed by atoms with E-state index in [1.807, 2.05) is 66.7 Å². The highest BCUT2D eigenvalue weighted by Gasteiger charge is 2.32. The Morgan fingerprint density at radius 3 is 2.56 bits per heavy atom. The molecule has 0 saturated carbocycles. The second-order valence-corrected chi connectivity index (χ2v) is 8.49. The minimum absolute atomic E-state index is 0.179. The van der Waals surface area contributed by atoms with Gasteiger partial charge >= 0.3 is 0 Å². The number of hydrogen-bond donors (Lipinski definition) is 2. The summed E-state index contributed by atoms with van der Waals surface area (Å²) in [6, 6.07) is 22.3. The Labute approximate surface area is 191 Å². The lowest BCUT2D eigenvalue weighted by Crippen LogP contribution is -2.46. The summed E-state index contributed by atoms with van der Waals surface area (Å²) in [7, 11) is 0. The summed E-state index contributed by atoms with van der Waals surface area (Å²) in [6.45, 7) is 0.568. The molecule has 2 aromatic carbocycles. The molecule has 162 valence electrons. The van der Waals surface area contributed by atoms with Gasteiger partial charge in [-0.2, -0.15) is 5.26 Å². The van der Waals surface area contributed by atoms with Crippen LogP contribution in [0.5, 0.6) is 11.5 Å². The minimum atomic E-state index is -0.671. The average Bonchev–Trinajstić information content (AvgIpc) is 3.31. The largest absolute Gasteiger partial charge is 0.457 e. The molecule has 3 aromatic rings. The number of nitriles is 1. The van der Waals surface area contributed by atoms with Crippen molar-refractivity contribution in [2.75, 3.05) is 17.6 Å². The molecule has 0 bridgehead atoms. The second kappa shape index (κ2) is 10.2. The number of nitrogens with two attached hydrogens (primary N) is 1. The predicted molar refractivity (Wildman–Crippen MR) is 126 cm³/mol. The lowest BCUT2D eigenvalue weighted by Gasteiger charge is -2.22. The van der Waals surface area contributed by atoms with Crippen LogP contribution in [0, 0.1) is 11.3 Å². The van der Waals surface area contributed by atoms with Crippen LogP contribution in [0.2, 0.25) is 0 Å². The van der Waals surface area contributed by atoms with Gasteiger partial charge in [0.05, 0.1) is 12.1 Å². The maximum atomic E-state index is 12.6. The Hall–Kier alpha value is -3.54. The van der Waals surface area contributed by atoms with Crippen molar-refractivity contribution in [3.05, 3.63) is 78.5 Å². The number of amides is 1. The van der Waals surface area contributed by atoms with E-state index < -0.39 is 11.4 Å². The summed E-state index contributed by atoms with van der Waals surface area (Å²) in [5, 5.41) is 12.0. The fourth-order valence-corrected chi connectivity index (χ4v) is 4.37. The number of anilines is 2. The van der Waals surface area contributed by atoms with E-state index >= 15 is 0 Å². The fourth-order valence-electron chi connectivity index (χ4n) is 3.38. The van der Waals surface area contributed by atoms with E-state index in [4.69, 9.17) is 15.7 Å². The van der Waals surface area contributed by atoms with Crippen LogP contribution in [0.4, 0.5) is 11.5 Å². The van der Waals surface area contributed by atoms with Gasteiger partial charge in [0.15, 0.2) is 5.37 Å². The van der Waals surface area contributed by atoms with Gasteiger partial charge in [-0.15, -0.1) is 11.8 Å². The molecule has 1 amide bonds. The number of benzene rings is 2. The molecule has 7 nitrogen and oxygen atoms in total. The zero-order chi connectivity index (χ0) is 22.3. The summed E-state index contributed by atoms with van der Waals surface area (Å²) in [6.07, 6.45) is 2.15. The molecule has 1 saturated heterocycles. The third-order valence-electron chi connectivity index (χ3n) is 5.01.